The molecule has 0 aliphatic carbocycles. The average molecular weight is 273 g/mol. The molecule has 0 aromatic heterocycles. The summed E-state index contributed by atoms with van der Waals surface area (Å²) in [5, 5.41) is 12.5. The number of benzene rings is 1. The van der Waals surface area contributed by atoms with Crippen LogP contribution >= 0.6 is 0 Å². The number of likely N-dealkylation sites (N-methyl/N-ethyl adjacent to an activating group) is 1. The summed E-state index contributed by atoms with van der Waals surface area (Å²) in [5.41, 5.74) is 1.74. The highest BCUT2D eigenvalue weighted by Crippen LogP contribution is 2.19. The van der Waals surface area contributed by atoms with Crippen molar-refractivity contribution in [1.82, 2.24) is 10.2 Å². The van der Waals surface area contributed by atoms with Crippen LogP contribution in [0.4, 0.5) is 0 Å². The maximum Gasteiger partial charge on any atom is 0.136 e. The number of nitrogens with zero attached hydrogens (tertiary/aromatic N) is 2. The minimum absolute atomic E-state index is 0.586. The molecule has 1 fully saturated rings. The van der Waals surface area contributed by atoms with Crippen LogP contribution in [0.2, 0.25) is 0 Å². The Balaban J connectivity index is 1.86. The highest BCUT2D eigenvalue weighted by atomic mass is 16.5. The van der Waals surface area contributed by atoms with Gasteiger partial charge in [-0.25, -0.2) is 0 Å². The number of nitrogens with one attached hydrogen (secondary N) is 1. The Hall–Kier alpha value is -1.57. The summed E-state index contributed by atoms with van der Waals surface area (Å²) in [6, 6.07) is 8.53. The van der Waals surface area contributed by atoms with E-state index in [0.29, 0.717) is 17.4 Å². The number of rotatable bonds is 5. The van der Waals surface area contributed by atoms with Gasteiger partial charge in [0.25, 0.3) is 0 Å². The fourth-order valence-electron chi connectivity index (χ4n) is 2.72. The van der Waals surface area contributed by atoms with Crippen LogP contribution in [-0.2, 0) is 6.54 Å². The normalized spacial score (nSPS) is 19.6. The second-order valence-corrected chi connectivity index (χ2v) is 5.41. The molecule has 1 atom stereocenters. The highest BCUT2D eigenvalue weighted by molar-refractivity contribution is 5.45. The van der Waals surface area contributed by atoms with Crippen LogP contribution in [0.3, 0.4) is 0 Å². The third kappa shape index (κ3) is 3.72. The zero-order valence-corrected chi connectivity index (χ0v) is 12.4. The van der Waals surface area contributed by atoms with Crippen molar-refractivity contribution in [2.24, 2.45) is 0 Å². The van der Waals surface area contributed by atoms with Gasteiger partial charge in [-0.15, -0.1) is 0 Å². The lowest BCUT2D eigenvalue weighted by atomic mass is 10.0. The van der Waals surface area contributed by atoms with Crippen molar-refractivity contribution < 1.29 is 4.74 Å². The maximum atomic E-state index is 8.96. The zero-order chi connectivity index (χ0) is 14.4. The van der Waals surface area contributed by atoms with Crippen molar-refractivity contribution in [3.8, 4) is 11.8 Å². The Morgan fingerprint density at radius 3 is 3.00 bits per heavy atom. The van der Waals surface area contributed by atoms with E-state index in [9.17, 15) is 0 Å². The summed E-state index contributed by atoms with van der Waals surface area (Å²) in [7, 11) is 3.81. The van der Waals surface area contributed by atoms with Crippen LogP contribution in [0.15, 0.2) is 18.2 Å². The molecule has 1 aromatic rings. The van der Waals surface area contributed by atoms with Crippen molar-refractivity contribution in [3.05, 3.63) is 29.3 Å². The SMILES string of the molecule is COc1cc(CNCC2CCCCN2C)ccc1C#N. The van der Waals surface area contributed by atoms with Crippen molar-refractivity contribution in [2.45, 2.75) is 31.8 Å². The van der Waals surface area contributed by atoms with Gasteiger partial charge in [0.2, 0.25) is 0 Å². The Labute approximate surface area is 121 Å². The van der Waals surface area contributed by atoms with Gasteiger partial charge >= 0.3 is 0 Å². The molecule has 0 radical (unpaired) electrons. The molecule has 1 aliphatic rings. The zero-order valence-electron chi connectivity index (χ0n) is 12.4. The third-order valence-electron chi connectivity index (χ3n) is 4.02. The Morgan fingerprint density at radius 1 is 1.45 bits per heavy atom. The minimum Gasteiger partial charge on any atom is -0.495 e. The van der Waals surface area contributed by atoms with E-state index in [1.807, 2.05) is 18.2 Å². The first kappa shape index (κ1) is 14.8. The van der Waals surface area contributed by atoms with Crippen LogP contribution in [0.5, 0.6) is 5.75 Å². The van der Waals surface area contributed by atoms with E-state index in [1.54, 1.807) is 7.11 Å². The highest BCUT2D eigenvalue weighted by Gasteiger charge is 2.17. The molecule has 1 N–H and O–H groups in total. The van der Waals surface area contributed by atoms with Crippen LogP contribution < -0.4 is 10.1 Å². The molecule has 0 saturated carbocycles. The van der Waals surface area contributed by atoms with Gasteiger partial charge in [-0.1, -0.05) is 12.5 Å². The van der Waals surface area contributed by atoms with Gasteiger partial charge in [0.1, 0.15) is 11.8 Å². The first-order valence-corrected chi connectivity index (χ1v) is 7.22. The molecule has 4 heteroatoms. The predicted molar refractivity (Wildman–Crippen MR) is 79.7 cm³/mol. The summed E-state index contributed by atoms with van der Waals surface area (Å²) in [4.78, 5) is 2.44. The van der Waals surface area contributed by atoms with Crippen LogP contribution in [0.25, 0.3) is 0 Å². The molecule has 4 nitrogen and oxygen atoms in total. The molecule has 0 amide bonds. The van der Waals surface area contributed by atoms with Gasteiger partial charge in [0, 0.05) is 19.1 Å². The van der Waals surface area contributed by atoms with Crippen molar-refractivity contribution in [2.75, 3.05) is 27.2 Å². The molecular formula is C16H23N3O. The van der Waals surface area contributed by atoms with Gasteiger partial charge in [0.05, 0.1) is 12.7 Å². The number of hydrogen-bond donors (Lipinski definition) is 1. The van der Waals surface area contributed by atoms with Gasteiger partial charge in [0.15, 0.2) is 0 Å². The van der Waals surface area contributed by atoms with Crippen molar-refractivity contribution >= 4 is 0 Å². The molecule has 2 rings (SSSR count). The van der Waals surface area contributed by atoms with Gasteiger partial charge in [-0.3, -0.25) is 0 Å². The lowest BCUT2D eigenvalue weighted by Gasteiger charge is -2.32. The van der Waals surface area contributed by atoms with Gasteiger partial charge in [-0.2, -0.15) is 5.26 Å². The molecular weight excluding hydrogens is 250 g/mol. The number of methoxy groups -OCH3 is 1. The first-order valence-electron chi connectivity index (χ1n) is 7.22. The molecule has 1 unspecified atom stereocenters. The second-order valence-electron chi connectivity index (χ2n) is 5.41. The van der Waals surface area contributed by atoms with E-state index in [4.69, 9.17) is 10.00 Å². The van der Waals surface area contributed by atoms with Crippen LogP contribution in [-0.4, -0.2) is 38.2 Å². The number of hydrogen-bond acceptors (Lipinski definition) is 4. The Kier molecular flexibility index (Phi) is 5.40. The fraction of sp³-hybridized carbons (Fsp3) is 0.562. The largest absolute Gasteiger partial charge is 0.495 e. The minimum atomic E-state index is 0.586. The standard InChI is InChI=1S/C16H23N3O/c1-19-8-4-3-5-15(19)12-18-11-13-6-7-14(10-17)16(9-13)20-2/h6-7,9,15,18H,3-5,8,11-12H2,1-2H3. The number of nitriles is 1. The lowest BCUT2D eigenvalue weighted by Crippen LogP contribution is -2.42. The summed E-state index contributed by atoms with van der Waals surface area (Å²) in [6.45, 7) is 3.03. The smallest absolute Gasteiger partial charge is 0.136 e. The molecule has 0 bridgehead atoms. The molecule has 1 saturated heterocycles. The summed E-state index contributed by atoms with van der Waals surface area (Å²) >= 11 is 0. The average Bonchev–Trinajstić information content (AvgIpc) is 2.49. The maximum absolute atomic E-state index is 8.96. The monoisotopic (exact) mass is 273 g/mol. The van der Waals surface area contributed by atoms with Crippen molar-refractivity contribution in [3.63, 3.8) is 0 Å². The summed E-state index contributed by atoms with van der Waals surface area (Å²) in [6.07, 6.45) is 3.93. The summed E-state index contributed by atoms with van der Waals surface area (Å²) in [5.74, 6) is 0.654. The second kappa shape index (κ2) is 7.28. The van der Waals surface area contributed by atoms with Crippen LogP contribution in [0, 0.1) is 11.3 Å². The number of ether oxygens (including phenoxy) is 1. The molecule has 1 aromatic carbocycles. The Morgan fingerprint density at radius 2 is 2.30 bits per heavy atom. The fourth-order valence-corrected chi connectivity index (χ4v) is 2.72. The number of likely N-dealkylation sites (tertiary alicyclic amines) is 1. The van der Waals surface area contributed by atoms with E-state index in [0.717, 1.165) is 18.7 Å². The van der Waals surface area contributed by atoms with Gasteiger partial charge < -0.3 is 15.0 Å². The topological polar surface area (TPSA) is 48.3 Å². The van der Waals surface area contributed by atoms with Gasteiger partial charge in [-0.05, 0) is 44.1 Å². The van der Waals surface area contributed by atoms with E-state index >= 15 is 0 Å². The molecule has 1 heterocycles. The molecule has 108 valence electrons. The predicted octanol–water partition coefficient (Wildman–Crippen LogP) is 2.14. The van der Waals surface area contributed by atoms with E-state index in [1.165, 1.54) is 25.8 Å². The van der Waals surface area contributed by atoms with E-state index in [-0.39, 0.29) is 0 Å². The lowest BCUT2D eigenvalue weighted by molar-refractivity contribution is 0.181. The third-order valence-corrected chi connectivity index (χ3v) is 4.02. The molecule has 0 spiro atoms. The van der Waals surface area contributed by atoms with E-state index < -0.39 is 0 Å². The quantitative estimate of drug-likeness (QED) is 0.893. The summed E-state index contributed by atoms with van der Waals surface area (Å²) < 4.78 is 5.23. The van der Waals surface area contributed by atoms with E-state index in [2.05, 4.69) is 23.3 Å². The van der Waals surface area contributed by atoms with Crippen LogP contribution in [0.1, 0.15) is 30.4 Å². The number of piperidine rings is 1. The Bertz CT molecular complexity index is 481. The molecule has 1 aliphatic heterocycles. The molecule has 20 heavy (non-hydrogen) atoms. The van der Waals surface area contributed by atoms with Crippen molar-refractivity contribution in [1.29, 1.82) is 5.26 Å². The first-order chi connectivity index (χ1) is 9.74.